The normalized spacial score (nSPS) is 19.4. The SMILES string of the molecule is Cc1nc(C(=O)N2CCC[C@@H](C(F)(F)F)[C@H]2CN(C(=O)O)C(C)(C)C)c(-c2ccccc2)s1. The molecule has 10 heteroatoms. The highest BCUT2D eigenvalue weighted by Gasteiger charge is 2.51. The average Bonchev–Trinajstić information content (AvgIpc) is 3.12. The highest BCUT2D eigenvalue weighted by atomic mass is 32.1. The number of carbonyl (C=O) groups is 2. The van der Waals surface area contributed by atoms with Crippen LogP contribution in [-0.2, 0) is 0 Å². The number of hydrogen-bond acceptors (Lipinski definition) is 4. The van der Waals surface area contributed by atoms with Crippen molar-refractivity contribution in [3.05, 3.63) is 41.0 Å². The van der Waals surface area contributed by atoms with Crippen molar-refractivity contribution in [2.24, 2.45) is 5.92 Å². The molecule has 1 saturated heterocycles. The molecular formula is C23H28F3N3O3S. The largest absolute Gasteiger partial charge is 0.465 e. The minimum Gasteiger partial charge on any atom is -0.465 e. The van der Waals surface area contributed by atoms with Crippen LogP contribution >= 0.6 is 11.3 Å². The van der Waals surface area contributed by atoms with Gasteiger partial charge in [0.25, 0.3) is 5.91 Å². The molecule has 0 bridgehead atoms. The molecule has 1 aromatic carbocycles. The fourth-order valence-corrected chi connectivity index (χ4v) is 5.15. The van der Waals surface area contributed by atoms with Crippen LogP contribution in [0.25, 0.3) is 10.4 Å². The Morgan fingerprint density at radius 3 is 2.39 bits per heavy atom. The Kier molecular flexibility index (Phi) is 7.07. The Labute approximate surface area is 195 Å². The smallest absolute Gasteiger partial charge is 0.407 e. The number of aromatic nitrogens is 1. The molecule has 180 valence electrons. The van der Waals surface area contributed by atoms with Crippen LogP contribution in [0.4, 0.5) is 18.0 Å². The van der Waals surface area contributed by atoms with Crippen LogP contribution in [0.3, 0.4) is 0 Å². The quantitative estimate of drug-likeness (QED) is 0.607. The first-order valence-corrected chi connectivity index (χ1v) is 11.5. The fraction of sp³-hybridized carbons (Fsp3) is 0.522. The highest BCUT2D eigenvalue weighted by Crippen LogP contribution is 2.40. The maximum Gasteiger partial charge on any atom is 0.407 e. The van der Waals surface area contributed by atoms with Crippen LogP contribution in [0.5, 0.6) is 0 Å². The summed E-state index contributed by atoms with van der Waals surface area (Å²) in [6.07, 6.45) is -5.86. The third-order valence-corrected chi connectivity index (χ3v) is 6.86. The standard InChI is InChI=1S/C23H28F3N3O3S/c1-14-27-18(19(33-14)15-9-6-5-7-10-15)20(30)28-12-8-11-16(23(24,25)26)17(28)13-29(21(31)32)22(2,3)4/h5-7,9-10,16-17H,8,11-13H2,1-4H3,(H,31,32)/t16-,17-/m1/s1. The van der Waals surface area contributed by atoms with E-state index in [0.29, 0.717) is 9.88 Å². The van der Waals surface area contributed by atoms with Gasteiger partial charge in [-0.2, -0.15) is 13.2 Å². The number of aryl methyl sites for hydroxylation is 1. The predicted molar refractivity (Wildman–Crippen MR) is 120 cm³/mol. The summed E-state index contributed by atoms with van der Waals surface area (Å²) in [4.78, 5) is 32.6. The summed E-state index contributed by atoms with van der Waals surface area (Å²) >= 11 is 1.31. The number of carboxylic acid groups (broad SMARTS) is 1. The lowest BCUT2D eigenvalue weighted by molar-refractivity contribution is -0.199. The molecule has 2 amide bonds. The lowest BCUT2D eigenvalue weighted by atomic mass is 9.87. The van der Waals surface area contributed by atoms with Crippen molar-refractivity contribution in [1.82, 2.24) is 14.8 Å². The summed E-state index contributed by atoms with van der Waals surface area (Å²) in [7, 11) is 0. The number of amides is 2. The molecule has 0 spiro atoms. The van der Waals surface area contributed by atoms with Gasteiger partial charge in [-0.25, -0.2) is 9.78 Å². The number of thiazole rings is 1. The van der Waals surface area contributed by atoms with Gasteiger partial charge in [-0.1, -0.05) is 30.3 Å². The second-order valence-electron chi connectivity index (χ2n) is 9.20. The van der Waals surface area contributed by atoms with E-state index in [0.717, 1.165) is 10.5 Å². The molecule has 1 fully saturated rings. The summed E-state index contributed by atoms with van der Waals surface area (Å²) in [6.45, 7) is 6.28. The van der Waals surface area contributed by atoms with Gasteiger partial charge in [0.1, 0.15) is 5.69 Å². The maximum absolute atomic E-state index is 14.0. The second-order valence-corrected chi connectivity index (χ2v) is 10.4. The van der Waals surface area contributed by atoms with Gasteiger partial charge in [-0.3, -0.25) is 4.79 Å². The molecule has 1 aromatic heterocycles. The molecule has 3 rings (SSSR count). The third kappa shape index (κ3) is 5.48. The Balaban J connectivity index is 2.04. The second kappa shape index (κ2) is 9.32. The molecule has 1 aliphatic rings. The Hall–Kier alpha value is -2.62. The third-order valence-electron chi connectivity index (χ3n) is 5.84. The zero-order valence-corrected chi connectivity index (χ0v) is 19.8. The minimum absolute atomic E-state index is 0.106. The number of piperidine rings is 1. The average molecular weight is 484 g/mol. The molecule has 1 aliphatic heterocycles. The molecule has 0 saturated carbocycles. The van der Waals surface area contributed by atoms with Crippen LogP contribution in [0.1, 0.15) is 49.1 Å². The van der Waals surface area contributed by atoms with Crippen molar-refractivity contribution in [1.29, 1.82) is 0 Å². The number of nitrogens with zero attached hydrogens (tertiary/aromatic N) is 3. The van der Waals surface area contributed by atoms with Crippen LogP contribution < -0.4 is 0 Å². The topological polar surface area (TPSA) is 73.7 Å². The summed E-state index contributed by atoms with van der Waals surface area (Å²) in [5.74, 6) is -2.42. The van der Waals surface area contributed by atoms with E-state index >= 15 is 0 Å². The molecule has 2 atom stereocenters. The van der Waals surface area contributed by atoms with Gasteiger partial charge in [0, 0.05) is 18.6 Å². The highest BCUT2D eigenvalue weighted by molar-refractivity contribution is 7.15. The van der Waals surface area contributed by atoms with Crippen molar-refractivity contribution >= 4 is 23.3 Å². The molecule has 2 heterocycles. The Morgan fingerprint density at radius 2 is 1.85 bits per heavy atom. The van der Waals surface area contributed by atoms with Crippen molar-refractivity contribution < 1.29 is 27.9 Å². The Bertz CT molecular complexity index is 1000. The van der Waals surface area contributed by atoms with E-state index in [1.165, 1.54) is 16.2 Å². The van der Waals surface area contributed by atoms with E-state index in [9.17, 15) is 27.9 Å². The molecule has 33 heavy (non-hydrogen) atoms. The maximum atomic E-state index is 14.0. The van der Waals surface area contributed by atoms with Crippen molar-refractivity contribution in [2.45, 2.75) is 58.3 Å². The van der Waals surface area contributed by atoms with Crippen molar-refractivity contribution in [2.75, 3.05) is 13.1 Å². The van der Waals surface area contributed by atoms with Gasteiger partial charge in [0.05, 0.1) is 21.8 Å². The van der Waals surface area contributed by atoms with Crippen molar-refractivity contribution in [3.63, 3.8) is 0 Å². The first-order chi connectivity index (χ1) is 15.3. The van der Waals surface area contributed by atoms with Crippen LogP contribution in [-0.4, -0.2) is 62.7 Å². The van der Waals surface area contributed by atoms with E-state index < -0.39 is 42.2 Å². The molecular weight excluding hydrogens is 455 g/mol. The fourth-order valence-electron chi connectivity index (χ4n) is 4.24. The van der Waals surface area contributed by atoms with Gasteiger partial charge in [0.2, 0.25) is 0 Å². The van der Waals surface area contributed by atoms with E-state index in [1.807, 2.05) is 30.3 Å². The predicted octanol–water partition coefficient (Wildman–Crippen LogP) is 5.68. The molecule has 6 nitrogen and oxygen atoms in total. The summed E-state index contributed by atoms with van der Waals surface area (Å²) < 4.78 is 42.0. The summed E-state index contributed by atoms with van der Waals surface area (Å²) in [5.41, 5.74) is -0.0657. The van der Waals surface area contributed by atoms with Crippen molar-refractivity contribution in [3.8, 4) is 10.4 Å². The van der Waals surface area contributed by atoms with Crippen LogP contribution in [0.15, 0.2) is 30.3 Å². The Morgan fingerprint density at radius 1 is 1.21 bits per heavy atom. The lowest BCUT2D eigenvalue weighted by Gasteiger charge is -2.45. The van der Waals surface area contributed by atoms with Gasteiger partial charge in [0.15, 0.2) is 0 Å². The lowest BCUT2D eigenvalue weighted by Crippen LogP contribution is -2.60. The molecule has 1 N–H and O–H groups in total. The zero-order valence-electron chi connectivity index (χ0n) is 19.0. The molecule has 0 unspecified atom stereocenters. The van der Waals surface area contributed by atoms with Gasteiger partial charge >= 0.3 is 12.3 Å². The number of halogens is 3. The number of benzene rings is 1. The van der Waals surface area contributed by atoms with E-state index in [-0.39, 0.29) is 25.1 Å². The number of hydrogen-bond donors (Lipinski definition) is 1. The van der Waals surface area contributed by atoms with Gasteiger partial charge in [-0.05, 0) is 46.1 Å². The molecule has 0 aliphatic carbocycles. The van der Waals surface area contributed by atoms with E-state index in [1.54, 1.807) is 27.7 Å². The first kappa shape index (κ1) is 25.0. The minimum atomic E-state index is -4.56. The van der Waals surface area contributed by atoms with Crippen LogP contribution in [0, 0.1) is 12.8 Å². The summed E-state index contributed by atoms with van der Waals surface area (Å²) in [6, 6.07) is 7.77. The molecule has 2 aromatic rings. The molecule has 0 radical (unpaired) electrons. The first-order valence-electron chi connectivity index (χ1n) is 10.7. The monoisotopic (exact) mass is 483 g/mol. The van der Waals surface area contributed by atoms with E-state index in [4.69, 9.17) is 0 Å². The summed E-state index contributed by atoms with van der Waals surface area (Å²) in [5, 5.41) is 10.3. The van der Waals surface area contributed by atoms with Gasteiger partial charge < -0.3 is 14.9 Å². The van der Waals surface area contributed by atoms with Crippen LogP contribution in [0.2, 0.25) is 0 Å². The number of carbonyl (C=O) groups excluding carboxylic acids is 1. The van der Waals surface area contributed by atoms with E-state index in [2.05, 4.69) is 4.98 Å². The number of likely N-dealkylation sites (tertiary alicyclic amines) is 1. The zero-order chi connectivity index (χ0) is 24.6. The number of rotatable bonds is 4. The number of alkyl halides is 3. The van der Waals surface area contributed by atoms with Gasteiger partial charge in [-0.15, -0.1) is 11.3 Å².